The average Bonchev–Trinajstić information content (AvgIpc) is 3.11. The van der Waals surface area contributed by atoms with Gasteiger partial charge in [0, 0.05) is 12.0 Å². The fourth-order valence-corrected chi connectivity index (χ4v) is 3.95. The van der Waals surface area contributed by atoms with Crippen molar-refractivity contribution in [3.8, 4) is 0 Å². The Morgan fingerprint density at radius 1 is 1.07 bits per heavy atom. The Morgan fingerprint density at radius 3 is 2.43 bits per heavy atom. The van der Waals surface area contributed by atoms with Crippen LogP contribution in [0, 0.1) is 20.8 Å². The van der Waals surface area contributed by atoms with Gasteiger partial charge in [-0.05, 0) is 50.6 Å². The Morgan fingerprint density at radius 2 is 1.79 bits per heavy atom. The van der Waals surface area contributed by atoms with Gasteiger partial charge in [-0.3, -0.25) is 9.69 Å². The maximum atomic E-state index is 13.2. The van der Waals surface area contributed by atoms with E-state index >= 15 is 0 Å². The minimum atomic E-state index is -0.0417. The third kappa shape index (κ3) is 4.17. The monoisotopic (exact) mass is 377 g/mol. The summed E-state index contributed by atoms with van der Waals surface area (Å²) in [5.41, 5.74) is 6.97. The molecule has 4 heteroatoms. The Bertz CT molecular complexity index is 883. The third-order valence-corrected chi connectivity index (χ3v) is 5.66. The standard InChI is InChI=1S/C24H31N3O/c1-6-26(7-2)16-24(28)27-23(21-11-9-8-10-18(21)4)15-22(25-27)20-13-12-17(3)14-19(20)5/h8-14,23H,6-7,15-16H2,1-5H3/t23-/m1/s1. The van der Waals surface area contributed by atoms with E-state index in [1.807, 2.05) is 12.1 Å². The van der Waals surface area contributed by atoms with E-state index in [2.05, 4.69) is 69.9 Å². The largest absolute Gasteiger partial charge is 0.295 e. The normalized spacial score (nSPS) is 16.6. The summed E-state index contributed by atoms with van der Waals surface area (Å²) in [5, 5.41) is 6.57. The molecule has 0 unspecified atom stereocenters. The summed E-state index contributed by atoms with van der Waals surface area (Å²) in [6.07, 6.45) is 0.749. The van der Waals surface area contributed by atoms with Crippen LogP contribution in [0.25, 0.3) is 0 Å². The number of hydrogen-bond acceptors (Lipinski definition) is 3. The molecular formula is C24H31N3O. The number of amides is 1. The van der Waals surface area contributed by atoms with E-state index in [-0.39, 0.29) is 11.9 Å². The summed E-state index contributed by atoms with van der Waals surface area (Å²) in [6.45, 7) is 12.6. The van der Waals surface area contributed by atoms with Crippen molar-refractivity contribution in [1.29, 1.82) is 0 Å². The minimum absolute atomic E-state index is 0.0417. The van der Waals surface area contributed by atoms with Crippen molar-refractivity contribution in [2.24, 2.45) is 5.10 Å². The number of aryl methyl sites for hydroxylation is 3. The van der Waals surface area contributed by atoms with Gasteiger partial charge in [0.15, 0.2) is 0 Å². The van der Waals surface area contributed by atoms with Crippen LogP contribution in [-0.4, -0.2) is 41.2 Å². The molecule has 0 radical (unpaired) electrons. The van der Waals surface area contributed by atoms with Crippen LogP contribution in [0.4, 0.5) is 0 Å². The van der Waals surface area contributed by atoms with Crippen LogP contribution in [0.15, 0.2) is 47.6 Å². The zero-order valence-electron chi connectivity index (χ0n) is 17.7. The number of likely N-dealkylation sites (N-methyl/N-ethyl adjacent to an activating group) is 1. The maximum absolute atomic E-state index is 13.2. The molecule has 0 spiro atoms. The smallest absolute Gasteiger partial charge is 0.257 e. The Balaban J connectivity index is 1.97. The molecule has 3 rings (SSSR count). The molecule has 2 aromatic carbocycles. The lowest BCUT2D eigenvalue weighted by Crippen LogP contribution is -2.38. The predicted molar refractivity (Wildman–Crippen MR) is 116 cm³/mol. The number of nitrogens with zero attached hydrogens (tertiary/aromatic N) is 3. The highest BCUT2D eigenvalue weighted by molar-refractivity contribution is 6.04. The third-order valence-electron chi connectivity index (χ3n) is 5.66. The molecule has 1 heterocycles. The van der Waals surface area contributed by atoms with Crippen molar-refractivity contribution < 1.29 is 4.79 Å². The molecule has 0 bridgehead atoms. The maximum Gasteiger partial charge on any atom is 0.257 e. The van der Waals surface area contributed by atoms with Gasteiger partial charge in [-0.25, -0.2) is 5.01 Å². The van der Waals surface area contributed by atoms with Crippen molar-refractivity contribution in [2.45, 2.75) is 47.1 Å². The molecule has 28 heavy (non-hydrogen) atoms. The van der Waals surface area contributed by atoms with Crippen molar-refractivity contribution >= 4 is 11.6 Å². The Labute approximate surface area is 168 Å². The lowest BCUT2D eigenvalue weighted by atomic mass is 9.93. The topological polar surface area (TPSA) is 35.9 Å². The molecule has 148 valence electrons. The molecule has 0 saturated carbocycles. The molecule has 1 amide bonds. The lowest BCUT2D eigenvalue weighted by molar-refractivity contribution is -0.134. The van der Waals surface area contributed by atoms with Crippen molar-refractivity contribution in [2.75, 3.05) is 19.6 Å². The second-order valence-corrected chi connectivity index (χ2v) is 7.64. The molecule has 1 aliphatic heterocycles. The van der Waals surface area contributed by atoms with Crippen LogP contribution in [0.2, 0.25) is 0 Å². The van der Waals surface area contributed by atoms with Gasteiger partial charge in [0.25, 0.3) is 5.91 Å². The molecule has 0 aliphatic carbocycles. The van der Waals surface area contributed by atoms with Gasteiger partial charge in [0.2, 0.25) is 0 Å². The van der Waals surface area contributed by atoms with E-state index in [1.165, 1.54) is 22.3 Å². The van der Waals surface area contributed by atoms with Crippen LogP contribution < -0.4 is 0 Å². The highest BCUT2D eigenvalue weighted by atomic mass is 16.2. The summed E-state index contributed by atoms with van der Waals surface area (Å²) in [5.74, 6) is 0.0664. The van der Waals surface area contributed by atoms with E-state index < -0.39 is 0 Å². The zero-order chi connectivity index (χ0) is 20.3. The molecule has 1 atom stereocenters. The first-order chi connectivity index (χ1) is 13.4. The first-order valence-corrected chi connectivity index (χ1v) is 10.2. The van der Waals surface area contributed by atoms with Crippen molar-refractivity contribution in [1.82, 2.24) is 9.91 Å². The summed E-state index contributed by atoms with van der Waals surface area (Å²) in [6, 6.07) is 14.7. The SMILES string of the molecule is CCN(CC)CC(=O)N1N=C(c2ccc(C)cc2C)C[C@@H]1c1ccccc1C. The number of carbonyl (C=O) groups excluding carboxylic acids is 1. The quantitative estimate of drug-likeness (QED) is 0.736. The van der Waals surface area contributed by atoms with E-state index in [9.17, 15) is 4.79 Å². The first kappa shape index (κ1) is 20.3. The minimum Gasteiger partial charge on any atom is -0.295 e. The highest BCUT2D eigenvalue weighted by Crippen LogP contribution is 2.35. The summed E-state index contributed by atoms with van der Waals surface area (Å²) in [7, 11) is 0. The van der Waals surface area contributed by atoms with Crippen LogP contribution in [0.3, 0.4) is 0 Å². The fraction of sp³-hybridized carbons (Fsp3) is 0.417. The van der Waals surface area contributed by atoms with Gasteiger partial charge in [-0.15, -0.1) is 0 Å². The second-order valence-electron chi connectivity index (χ2n) is 7.64. The van der Waals surface area contributed by atoms with Crippen LogP contribution in [0.1, 0.15) is 54.1 Å². The van der Waals surface area contributed by atoms with Crippen LogP contribution >= 0.6 is 0 Å². The Hall–Kier alpha value is -2.46. The van der Waals surface area contributed by atoms with E-state index in [1.54, 1.807) is 5.01 Å². The summed E-state index contributed by atoms with van der Waals surface area (Å²) in [4.78, 5) is 15.3. The first-order valence-electron chi connectivity index (χ1n) is 10.2. The molecule has 0 saturated heterocycles. The average molecular weight is 378 g/mol. The van der Waals surface area contributed by atoms with Gasteiger partial charge >= 0.3 is 0 Å². The van der Waals surface area contributed by atoms with E-state index in [4.69, 9.17) is 5.10 Å². The lowest BCUT2D eigenvalue weighted by Gasteiger charge is -2.26. The predicted octanol–water partition coefficient (Wildman–Crippen LogP) is 4.63. The number of hydrogen-bond donors (Lipinski definition) is 0. The molecule has 1 aliphatic rings. The number of hydrazone groups is 1. The zero-order valence-corrected chi connectivity index (χ0v) is 17.7. The molecular weight excluding hydrogens is 346 g/mol. The fourth-order valence-electron chi connectivity index (χ4n) is 3.95. The van der Waals surface area contributed by atoms with Gasteiger partial charge < -0.3 is 0 Å². The highest BCUT2D eigenvalue weighted by Gasteiger charge is 2.34. The van der Waals surface area contributed by atoms with Crippen LogP contribution in [0.5, 0.6) is 0 Å². The van der Waals surface area contributed by atoms with E-state index in [0.29, 0.717) is 6.54 Å². The number of carbonyl (C=O) groups is 1. The molecule has 0 fully saturated rings. The van der Waals surface area contributed by atoms with Crippen molar-refractivity contribution in [3.63, 3.8) is 0 Å². The summed E-state index contributed by atoms with van der Waals surface area (Å²) >= 11 is 0. The molecule has 4 nitrogen and oxygen atoms in total. The van der Waals surface area contributed by atoms with Gasteiger partial charge in [-0.1, -0.05) is 61.9 Å². The van der Waals surface area contributed by atoms with Gasteiger partial charge in [0.1, 0.15) is 0 Å². The molecule has 0 N–H and O–H groups in total. The summed E-state index contributed by atoms with van der Waals surface area (Å²) < 4.78 is 0. The number of rotatable bonds is 6. The van der Waals surface area contributed by atoms with Gasteiger partial charge in [-0.2, -0.15) is 5.10 Å². The van der Waals surface area contributed by atoms with Crippen molar-refractivity contribution in [3.05, 3.63) is 70.3 Å². The molecule has 0 aromatic heterocycles. The number of benzene rings is 2. The van der Waals surface area contributed by atoms with Crippen LogP contribution in [-0.2, 0) is 4.79 Å². The molecule has 2 aromatic rings. The second kappa shape index (κ2) is 8.70. The Kier molecular flexibility index (Phi) is 6.30. The van der Waals surface area contributed by atoms with E-state index in [0.717, 1.165) is 30.8 Å². The van der Waals surface area contributed by atoms with Gasteiger partial charge in [0.05, 0.1) is 18.3 Å².